The van der Waals surface area contributed by atoms with Gasteiger partial charge in [0.2, 0.25) is 0 Å². The second-order valence-electron chi connectivity index (χ2n) is 4.93. The summed E-state index contributed by atoms with van der Waals surface area (Å²) < 4.78 is 0. The fourth-order valence-electron chi connectivity index (χ4n) is 3.22. The second kappa shape index (κ2) is 4.07. The van der Waals surface area contributed by atoms with Crippen molar-refractivity contribution in [3.8, 4) is 0 Å². The van der Waals surface area contributed by atoms with Crippen LogP contribution in [0.15, 0.2) is 4.99 Å². The molecule has 0 aromatic heterocycles. The lowest BCUT2D eigenvalue weighted by molar-refractivity contribution is 0.123. The molecule has 90 valence electrons. The highest BCUT2D eigenvalue weighted by Crippen LogP contribution is 2.41. The van der Waals surface area contributed by atoms with Crippen molar-refractivity contribution < 1.29 is 4.79 Å². The SMILES string of the molecule is CCC1CCCC2(C1)C(N)=NC(=O)N2CC. The Morgan fingerprint density at radius 1 is 1.56 bits per heavy atom. The lowest BCUT2D eigenvalue weighted by Crippen LogP contribution is -2.56. The topological polar surface area (TPSA) is 58.7 Å². The molecule has 2 rings (SSSR count). The molecule has 4 heteroatoms. The lowest BCUT2D eigenvalue weighted by Gasteiger charge is -2.43. The molecule has 0 radical (unpaired) electrons. The Balaban J connectivity index is 2.28. The quantitative estimate of drug-likeness (QED) is 0.779. The van der Waals surface area contributed by atoms with Crippen molar-refractivity contribution in [2.75, 3.05) is 6.54 Å². The number of likely N-dealkylation sites (N-methyl/N-ethyl adjacent to an activating group) is 1. The van der Waals surface area contributed by atoms with Crippen molar-refractivity contribution in [2.24, 2.45) is 16.6 Å². The van der Waals surface area contributed by atoms with Gasteiger partial charge in [0, 0.05) is 6.54 Å². The van der Waals surface area contributed by atoms with E-state index >= 15 is 0 Å². The molecule has 16 heavy (non-hydrogen) atoms. The third-order valence-corrected chi connectivity index (χ3v) is 4.16. The summed E-state index contributed by atoms with van der Waals surface area (Å²) in [5.41, 5.74) is 5.76. The molecule has 0 aromatic rings. The minimum atomic E-state index is -0.245. The van der Waals surface area contributed by atoms with E-state index in [9.17, 15) is 4.79 Å². The molecule has 2 atom stereocenters. The number of urea groups is 1. The molecule has 4 nitrogen and oxygen atoms in total. The second-order valence-corrected chi connectivity index (χ2v) is 4.93. The maximum atomic E-state index is 11.7. The summed E-state index contributed by atoms with van der Waals surface area (Å²) in [4.78, 5) is 17.6. The van der Waals surface area contributed by atoms with Crippen LogP contribution >= 0.6 is 0 Å². The minimum absolute atomic E-state index is 0.142. The van der Waals surface area contributed by atoms with Crippen molar-refractivity contribution in [1.82, 2.24) is 4.90 Å². The molecule has 0 aromatic carbocycles. The number of aliphatic imine (C=N–C) groups is 1. The van der Waals surface area contributed by atoms with Gasteiger partial charge in [-0.3, -0.25) is 0 Å². The molecule has 2 N–H and O–H groups in total. The van der Waals surface area contributed by atoms with Crippen LogP contribution in [-0.2, 0) is 0 Å². The van der Waals surface area contributed by atoms with Crippen molar-refractivity contribution in [2.45, 2.75) is 51.5 Å². The Hall–Kier alpha value is -1.06. The average molecular weight is 223 g/mol. The van der Waals surface area contributed by atoms with Crippen LogP contribution in [0.4, 0.5) is 4.79 Å². The first-order valence-electron chi connectivity index (χ1n) is 6.30. The maximum absolute atomic E-state index is 11.7. The molecule has 0 saturated heterocycles. The zero-order valence-electron chi connectivity index (χ0n) is 10.2. The highest BCUT2D eigenvalue weighted by molar-refractivity contribution is 6.05. The first-order chi connectivity index (χ1) is 7.64. The molecule has 2 amide bonds. The van der Waals surface area contributed by atoms with Gasteiger partial charge < -0.3 is 10.6 Å². The summed E-state index contributed by atoms with van der Waals surface area (Å²) in [6.45, 7) is 4.92. The first-order valence-corrected chi connectivity index (χ1v) is 6.30. The van der Waals surface area contributed by atoms with E-state index in [-0.39, 0.29) is 11.6 Å². The third-order valence-electron chi connectivity index (χ3n) is 4.16. The van der Waals surface area contributed by atoms with Crippen LogP contribution in [0.25, 0.3) is 0 Å². The van der Waals surface area contributed by atoms with E-state index in [0.717, 1.165) is 19.3 Å². The Kier molecular flexibility index (Phi) is 2.91. The Morgan fingerprint density at radius 3 is 2.94 bits per heavy atom. The number of carbonyl (C=O) groups excluding carboxylic acids is 1. The number of nitrogens with two attached hydrogens (primary N) is 1. The summed E-state index contributed by atoms with van der Waals surface area (Å²) in [6, 6.07) is -0.142. The Morgan fingerprint density at radius 2 is 2.31 bits per heavy atom. The standard InChI is InChI=1S/C12H21N3O/c1-3-9-6-5-7-12(8-9)10(13)14-11(16)15(12)4-2/h9H,3-8H2,1-2H3,(H2,13,14,16). The molecular weight excluding hydrogens is 202 g/mol. The zero-order valence-corrected chi connectivity index (χ0v) is 10.2. The van der Waals surface area contributed by atoms with Gasteiger partial charge in [0.1, 0.15) is 11.4 Å². The molecule has 1 heterocycles. The number of rotatable bonds is 2. The van der Waals surface area contributed by atoms with Gasteiger partial charge in [-0.05, 0) is 25.7 Å². The van der Waals surface area contributed by atoms with Crippen LogP contribution in [0.1, 0.15) is 46.0 Å². The molecule has 1 saturated carbocycles. The largest absolute Gasteiger partial charge is 0.385 e. The van der Waals surface area contributed by atoms with E-state index in [1.54, 1.807) is 0 Å². The van der Waals surface area contributed by atoms with Crippen LogP contribution in [0, 0.1) is 5.92 Å². The summed E-state index contributed by atoms with van der Waals surface area (Å²) >= 11 is 0. The van der Waals surface area contributed by atoms with Crippen molar-refractivity contribution in [3.05, 3.63) is 0 Å². The van der Waals surface area contributed by atoms with E-state index < -0.39 is 0 Å². The normalized spacial score (nSPS) is 34.6. The van der Waals surface area contributed by atoms with Crippen LogP contribution in [0.5, 0.6) is 0 Å². The van der Waals surface area contributed by atoms with Gasteiger partial charge in [-0.1, -0.05) is 26.2 Å². The zero-order chi connectivity index (χ0) is 11.8. The number of nitrogens with zero attached hydrogens (tertiary/aromatic N) is 2. The van der Waals surface area contributed by atoms with Crippen LogP contribution in [0.2, 0.25) is 0 Å². The monoisotopic (exact) mass is 223 g/mol. The van der Waals surface area contributed by atoms with Gasteiger partial charge in [-0.25, -0.2) is 4.79 Å². The summed E-state index contributed by atoms with van der Waals surface area (Å²) in [5.74, 6) is 1.24. The Labute approximate surface area is 96.9 Å². The fourth-order valence-corrected chi connectivity index (χ4v) is 3.22. The molecule has 1 aliphatic carbocycles. The van der Waals surface area contributed by atoms with Gasteiger partial charge in [-0.15, -0.1) is 0 Å². The molecule has 0 bridgehead atoms. The molecule has 1 aliphatic heterocycles. The number of hydrogen-bond acceptors (Lipinski definition) is 2. The third kappa shape index (κ3) is 1.51. The predicted molar refractivity (Wildman–Crippen MR) is 64.4 cm³/mol. The van der Waals surface area contributed by atoms with Gasteiger partial charge in [0.25, 0.3) is 0 Å². The van der Waals surface area contributed by atoms with E-state index in [2.05, 4.69) is 11.9 Å². The van der Waals surface area contributed by atoms with Gasteiger partial charge >= 0.3 is 6.03 Å². The Bertz CT molecular complexity index is 326. The van der Waals surface area contributed by atoms with E-state index in [4.69, 9.17) is 5.73 Å². The van der Waals surface area contributed by atoms with Crippen LogP contribution in [-0.4, -0.2) is 28.9 Å². The summed E-state index contributed by atoms with van der Waals surface area (Å²) in [7, 11) is 0. The van der Waals surface area contributed by atoms with Crippen molar-refractivity contribution >= 4 is 11.9 Å². The van der Waals surface area contributed by atoms with E-state index in [1.807, 2.05) is 11.8 Å². The van der Waals surface area contributed by atoms with Crippen LogP contribution < -0.4 is 5.73 Å². The molecular formula is C12H21N3O. The lowest BCUT2D eigenvalue weighted by atomic mass is 9.73. The van der Waals surface area contributed by atoms with Crippen molar-refractivity contribution in [1.29, 1.82) is 0 Å². The summed E-state index contributed by atoms with van der Waals surface area (Å²) in [6.07, 6.45) is 5.56. The van der Waals surface area contributed by atoms with Crippen LogP contribution in [0.3, 0.4) is 0 Å². The highest BCUT2D eigenvalue weighted by atomic mass is 16.2. The molecule has 2 unspecified atom stereocenters. The average Bonchev–Trinajstić information content (AvgIpc) is 2.50. The first kappa shape index (κ1) is 11.4. The maximum Gasteiger partial charge on any atom is 0.346 e. The molecule has 1 fully saturated rings. The highest BCUT2D eigenvalue weighted by Gasteiger charge is 2.49. The van der Waals surface area contributed by atoms with Crippen molar-refractivity contribution in [3.63, 3.8) is 0 Å². The van der Waals surface area contributed by atoms with Gasteiger partial charge in [0.15, 0.2) is 0 Å². The number of hydrogen-bond donors (Lipinski definition) is 1. The summed E-state index contributed by atoms with van der Waals surface area (Å²) in [5, 5.41) is 0. The number of carbonyl (C=O) groups is 1. The molecule has 1 spiro atoms. The number of amides is 2. The number of amidine groups is 1. The van der Waals surface area contributed by atoms with E-state index in [0.29, 0.717) is 18.3 Å². The van der Waals surface area contributed by atoms with Gasteiger partial charge in [0.05, 0.1) is 0 Å². The van der Waals surface area contributed by atoms with Gasteiger partial charge in [-0.2, -0.15) is 4.99 Å². The fraction of sp³-hybridized carbons (Fsp3) is 0.833. The van der Waals surface area contributed by atoms with E-state index in [1.165, 1.54) is 12.8 Å². The molecule has 2 aliphatic rings. The predicted octanol–water partition coefficient (Wildman–Crippen LogP) is 2.14. The minimum Gasteiger partial charge on any atom is -0.385 e. The smallest absolute Gasteiger partial charge is 0.346 e.